The number of nitrogens with zero attached hydrogens (tertiary/aromatic N) is 4. The first kappa shape index (κ1) is 21.4. The highest BCUT2D eigenvalue weighted by Gasteiger charge is 2.29. The van der Waals surface area contributed by atoms with Crippen molar-refractivity contribution in [3.63, 3.8) is 0 Å². The van der Waals surface area contributed by atoms with E-state index in [0.29, 0.717) is 48.7 Å². The molecule has 0 aliphatic carbocycles. The summed E-state index contributed by atoms with van der Waals surface area (Å²) >= 11 is 0. The van der Waals surface area contributed by atoms with Gasteiger partial charge >= 0.3 is 0 Å². The van der Waals surface area contributed by atoms with Crippen LogP contribution in [-0.2, 0) is 26.6 Å². The van der Waals surface area contributed by atoms with Gasteiger partial charge in [-0.2, -0.15) is 5.10 Å². The molecule has 0 saturated carbocycles. The number of anilines is 1. The molecule has 0 radical (unpaired) electrons. The number of carbonyl (C=O) groups excluding carboxylic acids is 2. The molecular formula is C23H25N5O4. The second-order valence-corrected chi connectivity index (χ2v) is 7.62. The zero-order valence-electron chi connectivity index (χ0n) is 18.3. The van der Waals surface area contributed by atoms with E-state index in [1.54, 1.807) is 66.5 Å². The molecule has 1 aliphatic rings. The molecule has 1 N–H and O–H groups in total. The molecule has 0 unspecified atom stereocenters. The Bertz CT molecular complexity index is 1240. The van der Waals surface area contributed by atoms with Gasteiger partial charge in [-0.3, -0.25) is 19.1 Å². The summed E-state index contributed by atoms with van der Waals surface area (Å²) in [7, 11) is 3.16. The number of amides is 2. The third kappa shape index (κ3) is 3.89. The summed E-state index contributed by atoms with van der Waals surface area (Å²) in [6.45, 7) is 3.25. The Morgan fingerprint density at radius 3 is 2.81 bits per heavy atom. The van der Waals surface area contributed by atoms with Gasteiger partial charge in [0.1, 0.15) is 17.0 Å². The molecule has 0 saturated heterocycles. The Morgan fingerprint density at radius 1 is 1.25 bits per heavy atom. The van der Waals surface area contributed by atoms with Crippen LogP contribution >= 0.6 is 0 Å². The van der Waals surface area contributed by atoms with Gasteiger partial charge in [0.2, 0.25) is 0 Å². The number of carbonyl (C=O) groups is 2. The van der Waals surface area contributed by atoms with Crippen molar-refractivity contribution in [2.75, 3.05) is 19.0 Å². The van der Waals surface area contributed by atoms with E-state index in [0.717, 1.165) is 5.56 Å². The number of rotatable bonds is 5. The largest absolute Gasteiger partial charge is 0.497 e. The SMILES string of the molecule is CCn1nccc1C(=O)N1CCc2c(cn(C)c(=O)c2C(=O)Nc2cccc(OC)c2)C1. The van der Waals surface area contributed by atoms with E-state index >= 15 is 0 Å². The summed E-state index contributed by atoms with van der Waals surface area (Å²) in [5.74, 6) is 0.0111. The number of methoxy groups -OCH3 is 1. The quantitative estimate of drug-likeness (QED) is 0.662. The molecule has 9 heteroatoms. The van der Waals surface area contributed by atoms with E-state index in [-0.39, 0.29) is 17.0 Å². The molecule has 0 atom stereocenters. The Hall–Kier alpha value is -3.88. The van der Waals surface area contributed by atoms with Crippen LogP contribution in [0.4, 0.5) is 5.69 Å². The number of hydrogen-bond acceptors (Lipinski definition) is 5. The number of ether oxygens (including phenoxy) is 1. The normalized spacial score (nSPS) is 12.9. The molecule has 166 valence electrons. The number of fused-ring (bicyclic) bond motifs is 1. The van der Waals surface area contributed by atoms with E-state index in [2.05, 4.69) is 10.4 Å². The van der Waals surface area contributed by atoms with Gasteiger partial charge in [-0.25, -0.2) is 0 Å². The van der Waals surface area contributed by atoms with Gasteiger partial charge in [-0.05, 0) is 42.7 Å². The van der Waals surface area contributed by atoms with Crippen LogP contribution < -0.4 is 15.6 Å². The number of nitrogens with one attached hydrogen (secondary N) is 1. The molecular weight excluding hydrogens is 410 g/mol. The average Bonchev–Trinajstić information content (AvgIpc) is 3.28. The summed E-state index contributed by atoms with van der Waals surface area (Å²) < 4.78 is 8.25. The minimum absolute atomic E-state index is 0.110. The molecule has 2 amide bonds. The molecule has 2 aromatic heterocycles. The van der Waals surface area contributed by atoms with Crippen molar-refractivity contribution < 1.29 is 14.3 Å². The fourth-order valence-electron chi connectivity index (χ4n) is 4.02. The van der Waals surface area contributed by atoms with Crippen LogP contribution in [0.3, 0.4) is 0 Å². The second-order valence-electron chi connectivity index (χ2n) is 7.62. The van der Waals surface area contributed by atoms with Gasteiger partial charge in [0.25, 0.3) is 17.4 Å². The van der Waals surface area contributed by atoms with Crippen LogP contribution in [0.15, 0.2) is 47.5 Å². The highest BCUT2D eigenvalue weighted by atomic mass is 16.5. The van der Waals surface area contributed by atoms with Crippen molar-refractivity contribution in [2.24, 2.45) is 7.05 Å². The lowest BCUT2D eigenvalue weighted by molar-refractivity contribution is 0.0721. The molecule has 1 aliphatic heterocycles. The molecule has 9 nitrogen and oxygen atoms in total. The molecule has 0 fully saturated rings. The van der Waals surface area contributed by atoms with Gasteiger partial charge in [-0.1, -0.05) is 6.07 Å². The lowest BCUT2D eigenvalue weighted by atomic mass is 9.95. The van der Waals surface area contributed by atoms with Crippen molar-refractivity contribution in [3.8, 4) is 5.75 Å². The highest BCUT2D eigenvalue weighted by molar-refractivity contribution is 6.05. The van der Waals surface area contributed by atoms with Crippen LogP contribution in [0.5, 0.6) is 5.75 Å². The lowest BCUT2D eigenvalue weighted by Gasteiger charge is -2.30. The van der Waals surface area contributed by atoms with Crippen molar-refractivity contribution in [1.82, 2.24) is 19.2 Å². The molecule has 4 rings (SSSR count). The molecule has 0 spiro atoms. The van der Waals surface area contributed by atoms with E-state index in [4.69, 9.17) is 4.74 Å². The third-order valence-electron chi connectivity index (χ3n) is 5.64. The molecule has 3 aromatic rings. The summed E-state index contributed by atoms with van der Waals surface area (Å²) in [6, 6.07) is 8.66. The van der Waals surface area contributed by atoms with Crippen LogP contribution in [-0.4, -0.2) is 44.7 Å². The van der Waals surface area contributed by atoms with Crippen molar-refractivity contribution in [2.45, 2.75) is 26.4 Å². The van der Waals surface area contributed by atoms with Crippen LogP contribution in [0.1, 0.15) is 38.9 Å². The Morgan fingerprint density at radius 2 is 2.06 bits per heavy atom. The third-order valence-corrected chi connectivity index (χ3v) is 5.64. The van der Waals surface area contributed by atoms with Gasteiger partial charge in [0, 0.05) is 50.8 Å². The van der Waals surface area contributed by atoms with Gasteiger partial charge < -0.3 is 19.5 Å². The standard InChI is InChI=1S/C23H25N5O4/c1-4-28-19(8-10-24-28)22(30)27-11-9-18-15(14-27)13-26(2)23(31)20(18)21(29)25-16-6-5-7-17(12-16)32-3/h5-8,10,12-13H,4,9,11,14H2,1-3H3,(H,25,29). The van der Waals surface area contributed by atoms with Crippen LogP contribution in [0.25, 0.3) is 0 Å². The first-order valence-electron chi connectivity index (χ1n) is 10.4. The molecule has 0 bridgehead atoms. The first-order valence-corrected chi connectivity index (χ1v) is 10.4. The summed E-state index contributed by atoms with van der Waals surface area (Å²) in [5.41, 5.74) is 2.27. The zero-order valence-corrected chi connectivity index (χ0v) is 18.3. The second kappa shape index (κ2) is 8.70. The highest BCUT2D eigenvalue weighted by Crippen LogP contribution is 2.24. The summed E-state index contributed by atoms with van der Waals surface area (Å²) in [6.07, 6.45) is 3.73. The lowest BCUT2D eigenvalue weighted by Crippen LogP contribution is -2.40. The van der Waals surface area contributed by atoms with Gasteiger partial charge in [0.15, 0.2) is 0 Å². The van der Waals surface area contributed by atoms with Crippen molar-refractivity contribution in [1.29, 1.82) is 0 Å². The fraction of sp³-hybridized carbons (Fsp3) is 0.304. The predicted octanol–water partition coefficient (Wildman–Crippen LogP) is 2.06. The molecule has 32 heavy (non-hydrogen) atoms. The summed E-state index contributed by atoms with van der Waals surface area (Å²) in [4.78, 5) is 40.7. The number of benzene rings is 1. The maximum Gasteiger partial charge on any atom is 0.272 e. The smallest absolute Gasteiger partial charge is 0.272 e. The Labute approximate surface area is 185 Å². The minimum Gasteiger partial charge on any atom is -0.497 e. The van der Waals surface area contributed by atoms with Crippen molar-refractivity contribution in [3.05, 3.63) is 75.5 Å². The van der Waals surface area contributed by atoms with Crippen molar-refractivity contribution >= 4 is 17.5 Å². The Kier molecular flexibility index (Phi) is 5.81. The zero-order chi connectivity index (χ0) is 22.8. The van der Waals surface area contributed by atoms with E-state index < -0.39 is 5.91 Å². The fourth-order valence-corrected chi connectivity index (χ4v) is 4.02. The Balaban J connectivity index is 1.64. The summed E-state index contributed by atoms with van der Waals surface area (Å²) in [5, 5.41) is 6.97. The van der Waals surface area contributed by atoms with Crippen LogP contribution in [0, 0.1) is 0 Å². The minimum atomic E-state index is -0.473. The van der Waals surface area contributed by atoms with E-state index in [1.807, 2.05) is 6.92 Å². The maximum atomic E-state index is 13.1. The van der Waals surface area contributed by atoms with E-state index in [9.17, 15) is 14.4 Å². The maximum absolute atomic E-state index is 13.1. The van der Waals surface area contributed by atoms with Crippen LogP contribution in [0.2, 0.25) is 0 Å². The molecule has 3 heterocycles. The van der Waals surface area contributed by atoms with Gasteiger partial charge in [0.05, 0.1) is 7.11 Å². The average molecular weight is 435 g/mol. The van der Waals surface area contributed by atoms with E-state index in [1.165, 1.54) is 4.57 Å². The monoisotopic (exact) mass is 435 g/mol. The topological polar surface area (TPSA) is 98.5 Å². The first-order chi connectivity index (χ1) is 15.4. The number of aromatic nitrogens is 3. The number of hydrogen-bond donors (Lipinski definition) is 1. The number of pyridine rings is 1. The van der Waals surface area contributed by atoms with Gasteiger partial charge in [-0.15, -0.1) is 0 Å². The predicted molar refractivity (Wildman–Crippen MR) is 119 cm³/mol. The molecule has 1 aromatic carbocycles. The number of aryl methyl sites for hydroxylation is 2.